The Balaban J connectivity index is 1.97. The van der Waals surface area contributed by atoms with E-state index in [0.29, 0.717) is 4.88 Å². The van der Waals surface area contributed by atoms with E-state index in [0.717, 1.165) is 20.5 Å². The van der Waals surface area contributed by atoms with Gasteiger partial charge in [0, 0.05) is 9.40 Å². The largest absolute Gasteiger partial charge is 0.291 e. The fraction of sp³-hybridized carbons (Fsp3) is 0.125. The molecule has 0 spiro atoms. The van der Waals surface area contributed by atoms with E-state index in [2.05, 4.69) is 6.07 Å². The van der Waals surface area contributed by atoms with Gasteiger partial charge in [-0.2, -0.15) is 5.26 Å². The fourth-order valence-electron chi connectivity index (χ4n) is 2.07. The van der Waals surface area contributed by atoms with Crippen LogP contribution in [0.4, 0.5) is 0 Å². The first-order valence-electron chi connectivity index (χ1n) is 6.16. The molecule has 4 heteroatoms. The summed E-state index contributed by atoms with van der Waals surface area (Å²) >= 11 is 3.08. The molecule has 0 N–H and O–H groups in total. The first kappa shape index (κ1) is 13.0. The van der Waals surface area contributed by atoms with Crippen molar-refractivity contribution in [2.24, 2.45) is 0 Å². The average Bonchev–Trinajstić information content (AvgIpc) is 3.02. The van der Waals surface area contributed by atoms with Crippen molar-refractivity contribution in [3.63, 3.8) is 0 Å². The monoisotopic (exact) mass is 297 g/mol. The second kappa shape index (κ2) is 5.20. The van der Waals surface area contributed by atoms with Gasteiger partial charge in [0.25, 0.3) is 0 Å². The lowest BCUT2D eigenvalue weighted by atomic mass is 9.94. The molecule has 2 nitrogen and oxygen atoms in total. The SMILES string of the molecule is Cc1ccc(C(C#N)C(=O)c2cc3sccc3s2)cc1. The van der Waals surface area contributed by atoms with E-state index in [1.165, 1.54) is 11.3 Å². The minimum atomic E-state index is -0.719. The lowest BCUT2D eigenvalue weighted by Gasteiger charge is -2.07. The van der Waals surface area contributed by atoms with E-state index in [1.807, 2.05) is 48.7 Å². The molecule has 2 aromatic heterocycles. The van der Waals surface area contributed by atoms with Crippen molar-refractivity contribution in [2.45, 2.75) is 12.8 Å². The molecule has 2 heterocycles. The third-order valence-electron chi connectivity index (χ3n) is 3.18. The molecule has 98 valence electrons. The topological polar surface area (TPSA) is 40.9 Å². The molecule has 1 unspecified atom stereocenters. The first-order valence-corrected chi connectivity index (χ1v) is 7.86. The molecule has 0 aliphatic rings. The third-order valence-corrected chi connectivity index (χ3v) is 5.29. The summed E-state index contributed by atoms with van der Waals surface area (Å²) in [5, 5.41) is 11.4. The zero-order valence-electron chi connectivity index (χ0n) is 10.8. The van der Waals surface area contributed by atoms with Crippen LogP contribution in [0.1, 0.15) is 26.7 Å². The summed E-state index contributed by atoms with van der Waals surface area (Å²) in [6.07, 6.45) is 0. The van der Waals surface area contributed by atoms with Gasteiger partial charge in [-0.1, -0.05) is 29.8 Å². The van der Waals surface area contributed by atoms with Crippen LogP contribution >= 0.6 is 22.7 Å². The molecule has 0 saturated heterocycles. The van der Waals surface area contributed by atoms with Crippen molar-refractivity contribution in [3.05, 3.63) is 57.8 Å². The van der Waals surface area contributed by atoms with Crippen LogP contribution in [0.15, 0.2) is 41.8 Å². The zero-order chi connectivity index (χ0) is 14.1. The summed E-state index contributed by atoms with van der Waals surface area (Å²) in [5.41, 5.74) is 1.88. The van der Waals surface area contributed by atoms with Crippen LogP contribution in [-0.2, 0) is 0 Å². The Morgan fingerprint density at radius 1 is 1.20 bits per heavy atom. The van der Waals surface area contributed by atoms with E-state index in [4.69, 9.17) is 0 Å². The molecule has 1 atom stereocenters. The summed E-state index contributed by atoms with van der Waals surface area (Å²) < 4.78 is 2.22. The molecular weight excluding hydrogens is 286 g/mol. The molecule has 0 aliphatic heterocycles. The number of nitriles is 1. The minimum absolute atomic E-state index is 0.107. The molecular formula is C16H11NOS2. The highest BCUT2D eigenvalue weighted by Crippen LogP contribution is 2.33. The number of fused-ring (bicyclic) bond motifs is 1. The standard InChI is InChI=1S/C16H11NOS2/c1-10-2-4-11(5-3-10)12(9-17)16(18)15-8-14-13(20-15)6-7-19-14/h2-8,12H,1H3. The van der Waals surface area contributed by atoms with E-state index < -0.39 is 5.92 Å². The number of nitrogens with zero attached hydrogens (tertiary/aromatic N) is 1. The maximum absolute atomic E-state index is 12.5. The highest BCUT2D eigenvalue weighted by molar-refractivity contribution is 7.27. The molecule has 0 amide bonds. The van der Waals surface area contributed by atoms with Crippen molar-refractivity contribution in [3.8, 4) is 6.07 Å². The normalized spacial score (nSPS) is 12.2. The molecule has 0 radical (unpaired) electrons. The van der Waals surface area contributed by atoms with Gasteiger partial charge < -0.3 is 0 Å². The zero-order valence-corrected chi connectivity index (χ0v) is 12.4. The first-order chi connectivity index (χ1) is 9.69. The smallest absolute Gasteiger partial charge is 0.194 e. The van der Waals surface area contributed by atoms with Crippen molar-refractivity contribution >= 4 is 37.9 Å². The number of ketones is 1. The van der Waals surface area contributed by atoms with Gasteiger partial charge in [0.05, 0.1) is 10.9 Å². The van der Waals surface area contributed by atoms with Gasteiger partial charge >= 0.3 is 0 Å². The maximum atomic E-state index is 12.5. The van der Waals surface area contributed by atoms with Gasteiger partial charge in [0.1, 0.15) is 5.92 Å². The Kier molecular flexibility index (Phi) is 3.39. The van der Waals surface area contributed by atoms with Crippen LogP contribution in [0.2, 0.25) is 0 Å². The second-order valence-corrected chi connectivity index (χ2v) is 6.63. The highest BCUT2D eigenvalue weighted by atomic mass is 32.1. The minimum Gasteiger partial charge on any atom is -0.291 e. The van der Waals surface area contributed by atoms with Crippen LogP contribution < -0.4 is 0 Å². The van der Waals surface area contributed by atoms with Gasteiger partial charge in [0.15, 0.2) is 5.78 Å². The van der Waals surface area contributed by atoms with E-state index in [1.54, 1.807) is 11.3 Å². The van der Waals surface area contributed by atoms with Crippen LogP contribution in [0, 0.1) is 18.3 Å². The van der Waals surface area contributed by atoms with Crippen LogP contribution in [-0.4, -0.2) is 5.78 Å². The van der Waals surface area contributed by atoms with E-state index in [-0.39, 0.29) is 5.78 Å². The van der Waals surface area contributed by atoms with E-state index >= 15 is 0 Å². The number of carbonyl (C=O) groups is 1. The van der Waals surface area contributed by atoms with Gasteiger partial charge in [-0.15, -0.1) is 22.7 Å². The van der Waals surface area contributed by atoms with Gasteiger partial charge in [-0.05, 0) is 30.0 Å². The fourth-order valence-corrected chi connectivity index (χ4v) is 4.15. The van der Waals surface area contributed by atoms with Crippen LogP contribution in [0.5, 0.6) is 0 Å². The number of carbonyl (C=O) groups excluding carboxylic acids is 1. The Hall–Kier alpha value is -1.96. The number of rotatable bonds is 3. The quantitative estimate of drug-likeness (QED) is 0.654. The summed E-state index contributed by atoms with van der Waals surface area (Å²) in [4.78, 5) is 13.2. The molecule has 0 aliphatic carbocycles. The number of aryl methyl sites for hydroxylation is 1. The third kappa shape index (κ3) is 2.26. The Labute approximate surface area is 124 Å². The predicted octanol–water partition coefficient (Wildman–Crippen LogP) is 4.76. The van der Waals surface area contributed by atoms with Crippen molar-refractivity contribution < 1.29 is 4.79 Å². The maximum Gasteiger partial charge on any atom is 0.194 e. The summed E-state index contributed by atoms with van der Waals surface area (Å²) in [6.45, 7) is 1.99. The highest BCUT2D eigenvalue weighted by Gasteiger charge is 2.23. The molecule has 0 bridgehead atoms. The van der Waals surface area contributed by atoms with E-state index in [9.17, 15) is 10.1 Å². The Morgan fingerprint density at radius 3 is 2.60 bits per heavy atom. The molecule has 1 aromatic carbocycles. The summed E-state index contributed by atoms with van der Waals surface area (Å²) in [7, 11) is 0. The molecule has 0 fully saturated rings. The Morgan fingerprint density at radius 2 is 1.95 bits per heavy atom. The number of hydrogen-bond acceptors (Lipinski definition) is 4. The van der Waals surface area contributed by atoms with Crippen molar-refractivity contribution in [1.82, 2.24) is 0 Å². The molecule has 3 aromatic rings. The number of thiophene rings is 2. The van der Waals surface area contributed by atoms with Crippen molar-refractivity contribution in [1.29, 1.82) is 5.26 Å². The molecule has 0 saturated carbocycles. The number of Topliss-reactive ketones (excluding diaryl/α,β-unsaturated/α-hetero) is 1. The van der Waals surface area contributed by atoms with Gasteiger partial charge in [-0.3, -0.25) is 4.79 Å². The van der Waals surface area contributed by atoms with Crippen LogP contribution in [0.3, 0.4) is 0 Å². The van der Waals surface area contributed by atoms with Gasteiger partial charge in [0.2, 0.25) is 0 Å². The second-order valence-electron chi connectivity index (χ2n) is 4.60. The van der Waals surface area contributed by atoms with Crippen molar-refractivity contribution in [2.75, 3.05) is 0 Å². The molecule has 20 heavy (non-hydrogen) atoms. The average molecular weight is 297 g/mol. The summed E-state index contributed by atoms with van der Waals surface area (Å²) in [5.74, 6) is -0.826. The number of hydrogen-bond donors (Lipinski definition) is 0. The molecule has 3 rings (SSSR count). The number of benzene rings is 1. The van der Waals surface area contributed by atoms with Crippen LogP contribution in [0.25, 0.3) is 9.40 Å². The lowest BCUT2D eigenvalue weighted by molar-refractivity contribution is 0.0983. The predicted molar refractivity (Wildman–Crippen MR) is 83.6 cm³/mol. The summed E-state index contributed by atoms with van der Waals surface area (Å²) in [6, 6.07) is 13.6. The lowest BCUT2D eigenvalue weighted by Crippen LogP contribution is -2.09. The Bertz CT molecular complexity index is 776. The van der Waals surface area contributed by atoms with Gasteiger partial charge in [-0.25, -0.2) is 0 Å².